The second-order valence-corrected chi connectivity index (χ2v) is 31.2. The third-order valence-corrected chi connectivity index (χ3v) is 22.6. The van der Waals surface area contributed by atoms with Crippen LogP contribution in [0.1, 0.15) is 142 Å². The van der Waals surface area contributed by atoms with Crippen molar-refractivity contribution >= 4 is 26.1 Å². The molecule has 17 nitrogen and oxygen atoms in total. The largest absolute Gasteiger partial charge is 0.462 e. The fourth-order valence-electron chi connectivity index (χ4n) is 12.5. The van der Waals surface area contributed by atoms with Gasteiger partial charge in [0.2, 0.25) is 5.91 Å². The monoisotopic (exact) mass is 1130 g/mol. The molecule has 4 fully saturated rings. The fourth-order valence-corrected chi connectivity index (χ4v) is 13.8. The zero-order chi connectivity index (χ0) is 58.4. The number of aliphatic hydroxyl groups is 1. The van der Waals surface area contributed by atoms with Crippen molar-refractivity contribution in [2.45, 2.75) is 263 Å². The molecule has 1 aliphatic carbocycles. The van der Waals surface area contributed by atoms with Crippen molar-refractivity contribution in [3.05, 3.63) is 59.3 Å². The number of amides is 2. The minimum absolute atomic E-state index is 0.0897. The van der Waals surface area contributed by atoms with Crippen LogP contribution in [0.2, 0.25) is 18.1 Å². The lowest BCUT2D eigenvalue weighted by Gasteiger charge is -2.50. The van der Waals surface area contributed by atoms with Crippen LogP contribution >= 0.6 is 0 Å². The van der Waals surface area contributed by atoms with Gasteiger partial charge >= 0.3 is 5.97 Å². The van der Waals surface area contributed by atoms with E-state index in [2.05, 4.69) is 91.3 Å². The third kappa shape index (κ3) is 13.5. The van der Waals surface area contributed by atoms with E-state index in [1.807, 2.05) is 65.0 Å². The Labute approximate surface area is 472 Å². The molecular weight excluding hydrogens is 1030 g/mol. The number of nitrogens with one attached hydrogen (secondary N) is 2. The SMILES string of the molecule is CC[C@H](C)[C@H]1O[C@]2(C=C[C@@H]1C)C[C@@H]1C[C@@H](C/C=C(\C)[C@@H](O[C@H]3C[C@H](OC)[C@@H](O[C@H]4C[C@H](OC)[C@](NC(C)=O)(C(=O)NC(C)(C)C)[C@H](C)O4)[C@H](C)O3)[C@@H](C)/C=C/C=C3\CO[C@@H]4[C@H](O[Si](C)(C)C(C)(C)C)C(C)=C[C@@H](C(=O)O1)[C@]34O)O2. The summed E-state index contributed by atoms with van der Waals surface area (Å²) in [5.41, 5.74) is -1.58. The number of hydrogen-bond acceptors (Lipinski definition) is 15. The zero-order valence-corrected chi connectivity index (χ0v) is 52.0. The molecule has 6 aliphatic heterocycles. The van der Waals surface area contributed by atoms with Crippen molar-refractivity contribution in [3.8, 4) is 0 Å². The van der Waals surface area contributed by atoms with E-state index >= 15 is 0 Å². The smallest absolute Gasteiger partial charge is 0.316 e. The minimum Gasteiger partial charge on any atom is -0.462 e. The normalized spacial score (nSPS) is 42.6. The average molecular weight is 1130 g/mol. The van der Waals surface area contributed by atoms with Gasteiger partial charge in [-0.15, -0.1) is 0 Å². The molecule has 2 amide bonds. The van der Waals surface area contributed by atoms with Crippen molar-refractivity contribution in [1.29, 1.82) is 0 Å². The quantitative estimate of drug-likeness (QED) is 0.0952. The van der Waals surface area contributed by atoms with Crippen molar-refractivity contribution in [1.82, 2.24) is 10.6 Å². The van der Waals surface area contributed by atoms with Crippen molar-refractivity contribution in [2.75, 3.05) is 20.8 Å². The summed E-state index contributed by atoms with van der Waals surface area (Å²) in [6, 6.07) is 0. The summed E-state index contributed by atoms with van der Waals surface area (Å²) in [5.74, 6) is -3.39. The lowest BCUT2D eigenvalue weighted by Crippen LogP contribution is -2.75. The Bertz CT molecular complexity index is 2340. The predicted octanol–water partition coefficient (Wildman–Crippen LogP) is 8.84. The summed E-state index contributed by atoms with van der Waals surface area (Å²) in [6.45, 7) is 34.2. The number of ether oxygens (including phenoxy) is 10. The molecule has 0 unspecified atom stereocenters. The molecule has 0 aromatic rings. The standard InChI is InChI=1S/C61H98N2O15Si/c1-20-34(2)51-37(5)26-27-59(77-51)32-44-29-43(76-59)25-24-36(4)50(35(3)22-21-23-42-33-70-54-52(78-79(18,19)58(13,14)15)38(6)28-45(55(65)73-44)61(42,54)67)74-48-30-46(68-16)53(39(7)71-48)75-49-31-47(69-17)60(40(8)72-49,62-41(9)64)56(66)63-57(10,11)12/h21-24,26-28,34-35,37,39-40,43-54,67H,20,25,29-33H2,1-19H3,(H,62,64)(H,63,66)/b22-21+,36-24+,42-23+/t34-,35-,37-,39-,40-,43+,44-,45-,46-,47-,48-,49-,50-,51+,52+,53-,54+,59+,60-,61+/m0/s1. The summed E-state index contributed by atoms with van der Waals surface area (Å²) < 4.78 is 73.3. The van der Waals surface area contributed by atoms with Crippen LogP contribution in [-0.4, -0.2) is 154 Å². The number of carbonyl (C=O) groups excluding carboxylic acids is 3. The van der Waals surface area contributed by atoms with Gasteiger partial charge in [-0.3, -0.25) is 14.4 Å². The van der Waals surface area contributed by atoms with Gasteiger partial charge in [0.15, 0.2) is 32.2 Å². The van der Waals surface area contributed by atoms with E-state index in [4.69, 9.17) is 51.8 Å². The van der Waals surface area contributed by atoms with Crippen molar-refractivity contribution in [2.24, 2.45) is 23.7 Å². The van der Waals surface area contributed by atoms with Crippen molar-refractivity contribution < 1.29 is 71.3 Å². The molecule has 3 N–H and O–H groups in total. The summed E-state index contributed by atoms with van der Waals surface area (Å²) in [7, 11) is 0.734. The maximum atomic E-state index is 14.9. The molecule has 0 aromatic heterocycles. The summed E-state index contributed by atoms with van der Waals surface area (Å²) in [6.07, 6.45) is 8.59. The minimum atomic E-state index is -2.41. The number of allylic oxidation sites excluding steroid dienone is 2. The Hall–Kier alpha value is -3.11. The summed E-state index contributed by atoms with van der Waals surface area (Å²) in [5, 5.41) is 19.1. The van der Waals surface area contributed by atoms with E-state index in [9.17, 15) is 19.5 Å². The molecule has 0 aromatic carbocycles. The lowest BCUT2D eigenvalue weighted by molar-refractivity contribution is -0.316. The van der Waals surface area contributed by atoms with Gasteiger partial charge < -0.3 is 67.5 Å². The van der Waals surface area contributed by atoms with Crippen LogP contribution in [0.3, 0.4) is 0 Å². The molecular formula is C61H98N2O15Si. The third-order valence-electron chi connectivity index (χ3n) is 18.2. The Kier molecular flexibility index (Phi) is 19.8. The van der Waals surface area contributed by atoms with Gasteiger partial charge in [0.05, 0.1) is 55.4 Å². The molecule has 0 saturated carbocycles. The first-order chi connectivity index (χ1) is 36.8. The van der Waals surface area contributed by atoms with Gasteiger partial charge in [-0.05, 0) is 102 Å². The van der Waals surface area contributed by atoms with Crippen LogP contribution in [0.15, 0.2) is 59.3 Å². The molecule has 446 valence electrons. The highest BCUT2D eigenvalue weighted by molar-refractivity contribution is 6.74. The van der Waals surface area contributed by atoms with E-state index < -0.39 is 128 Å². The van der Waals surface area contributed by atoms with Crippen LogP contribution < -0.4 is 10.6 Å². The number of esters is 1. The van der Waals surface area contributed by atoms with Crippen LogP contribution in [0.25, 0.3) is 0 Å². The van der Waals surface area contributed by atoms with Crippen LogP contribution in [0, 0.1) is 23.7 Å². The van der Waals surface area contributed by atoms with Crippen LogP contribution in [0.5, 0.6) is 0 Å². The molecule has 20 atom stereocenters. The fraction of sp³-hybridized carbons (Fsp3) is 0.787. The molecule has 6 heterocycles. The molecule has 18 heteroatoms. The maximum Gasteiger partial charge on any atom is 0.316 e. The first-order valence-electron chi connectivity index (χ1n) is 29.1. The highest BCUT2D eigenvalue weighted by Gasteiger charge is 2.62. The molecule has 2 bridgehead atoms. The lowest BCUT2D eigenvalue weighted by atomic mass is 9.71. The Morgan fingerprint density at radius 2 is 1.59 bits per heavy atom. The summed E-state index contributed by atoms with van der Waals surface area (Å²) >= 11 is 0. The van der Waals surface area contributed by atoms with Gasteiger partial charge in [0, 0.05) is 64.2 Å². The van der Waals surface area contributed by atoms with Crippen molar-refractivity contribution in [3.63, 3.8) is 0 Å². The number of fused-ring (bicyclic) bond motifs is 2. The molecule has 79 heavy (non-hydrogen) atoms. The highest BCUT2D eigenvalue weighted by Crippen LogP contribution is 2.50. The number of carbonyl (C=O) groups is 3. The predicted molar refractivity (Wildman–Crippen MR) is 302 cm³/mol. The van der Waals surface area contributed by atoms with Gasteiger partial charge in [-0.1, -0.05) is 91.3 Å². The maximum absolute atomic E-state index is 14.9. The number of rotatable bonds is 12. The van der Waals surface area contributed by atoms with Crippen LogP contribution in [-0.2, 0) is 66.2 Å². The first kappa shape index (κ1) is 63.5. The topological polar surface area (TPSA) is 197 Å². The molecule has 4 saturated heterocycles. The van der Waals surface area contributed by atoms with Gasteiger partial charge in [-0.25, -0.2) is 0 Å². The second kappa shape index (κ2) is 24.6. The van der Waals surface area contributed by atoms with E-state index in [0.29, 0.717) is 31.3 Å². The molecule has 0 radical (unpaired) electrons. The zero-order valence-electron chi connectivity index (χ0n) is 51.0. The van der Waals surface area contributed by atoms with Gasteiger partial charge in [-0.2, -0.15) is 0 Å². The van der Waals surface area contributed by atoms with Gasteiger partial charge in [0.25, 0.3) is 5.91 Å². The summed E-state index contributed by atoms with van der Waals surface area (Å²) in [4.78, 5) is 41.6. The highest BCUT2D eigenvalue weighted by atomic mass is 28.4. The Balaban J connectivity index is 1.19. The van der Waals surface area contributed by atoms with E-state index in [1.54, 1.807) is 14.0 Å². The van der Waals surface area contributed by atoms with E-state index in [0.717, 1.165) is 17.6 Å². The Morgan fingerprint density at radius 3 is 2.23 bits per heavy atom. The molecule has 7 rings (SSSR count). The average Bonchev–Trinajstić information content (AvgIpc) is 3.75. The number of hydrogen-bond donors (Lipinski definition) is 3. The van der Waals surface area contributed by atoms with Gasteiger partial charge in [0.1, 0.15) is 29.8 Å². The first-order valence-corrected chi connectivity index (χ1v) is 32.0. The van der Waals surface area contributed by atoms with E-state index in [-0.39, 0.29) is 41.9 Å². The molecule has 1 spiro atoms. The Morgan fingerprint density at radius 1 is 0.899 bits per heavy atom. The van der Waals surface area contributed by atoms with E-state index in [1.165, 1.54) is 14.0 Å². The second-order valence-electron chi connectivity index (χ2n) is 26.5. The van der Waals surface area contributed by atoms with Crippen LogP contribution in [0.4, 0.5) is 0 Å². The molecule has 7 aliphatic rings. The number of methoxy groups -OCH3 is 2.